The smallest absolute Gasteiger partial charge is 0.480 e. The highest BCUT2D eigenvalue weighted by Gasteiger charge is 2.53. The lowest BCUT2D eigenvalue weighted by Gasteiger charge is -2.33. The molecule has 0 saturated carbocycles. The second-order valence-electron chi connectivity index (χ2n) is 6.78. The normalized spacial score (nSPS) is 14.1. The molecule has 1 aliphatic rings. The lowest BCUT2D eigenvalue weighted by Crippen LogP contribution is -2.57. The van der Waals surface area contributed by atoms with Crippen LogP contribution in [-0.4, -0.2) is 8.80 Å². The lowest BCUT2D eigenvalue weighted by molar-refractivity contribution is 0.270. The standard InChI is InChI=1S/C24H24O3Si/c1-5-13-21(14-6-1)25-28(24-19-11-4-12-20-24,26-22-15-7-2-8-16-22)27-23-17-9-3-10-18-23/h1-3,5-10,13-19H,4,11-12,20H2. The Balaban J connectivity index is 1.78. The summed E-state index contributed by atoms with van der Waals surface area (Å²) in [6.45, 7) is 0. The van der Waals surface area contributed by atoms with E-state index in [0.717, 1.165) is 41.7 Å². The van der Waals surface area contributed by atoms with Gasteiger partial charge in [-0.15, -0.1) is 0 Å². The molecule has 0 fully saturated rings. The van der Waals surface area contributed by atoms with E-state index >= 15 is 0 Å². The molecule has 142 valence electrons. The second kappa shape index (κ2) is 8.80. The Kier molecular flexibility index (Phi) is 5.78. The summed E-state index contributed by atoms with van der Waals surface area (Å²) in [6, 6.07) is 29.5. The zero-order chi connectivity index (χ0) is 19.1. The summed E-state index contributed by atoms with van der Waals surface area (Å²) < 4.78 is 19.7. The predicted molar refractivity (Wildman–Crippen MR) is 114 cm³/mol. The van der Waals surface area contributed by atoms with Crippen molar-refractivity contribution in [1.82, 2.24) is 0 Å². The minimum atomic E-state index is -3.26. The van der Waals surface area contributed by atoms with Crippen LogP contribution in [0.4, 0.5) is 0 Å². The second-order valence-corrected chi connectivity index (χ2v) is 9.14. The summed E-state index contributed by atoms with van der Waals surface area (Å²) in [7, 11) is -3.26. The van der Waals surface area contributed by atoms with Gasteiger partial charge in [0.25, 0.3) is 0 Å². The van der Waals surface area contributed by atoms with Crippen LogP contribution in [0.2, 0.25) is 0 Å². The van der Waals surface area contributed by atoms with Gasteiger partial charge in [-0.2, -0.15) is 0 Å². The van der Waals surface area contributed by atoms with Gasteiger partial charge in [0.1, 0.15) is 17.2 Å². The fourth-order valence-electron chi connectivity index (χ4n) is 3.31. The molecule has 0 bridgehead atoms. The largest absolute Gasteiger partial charge is 0.732 e. The summed E-state index contributed by atoms with van der Waals surface area (Å²) in [6.07, 6.45) is 6.52. The predicted octanol–water partition coefficient (Wildman–Crippen LogP) is 6.20. The number of allylic oxidation sites excluding steroid dienone is 2. The van der Waals surface area contributed by atoms with E-state index in [1.165, 1.54) is 6.42 Å². The fourth-order valence-corrected chi connectivity index (χ4v) is 6.04. The Morgan fingerprint density at radius 2 is 0.964 bits per heavy atom. The topological polar surface area (TPSA) is 27.7 Å². The Labute approximate surface area is 167 Å². The minimum Gasteiger partial charge on any atom is -0.480 e. The van der Waals surface area contributed by atoms with Gasteiger partial charge in [0.15, 0.2) is 0 Å². The average Bonchev–Trinajstić information content (AvgIpc) is 2.76. The van der Waals surface area contributed by atoms with Crippen LogP contribution in [0.3, 0.4) is 0 Å². The van der Waals surface area contributed by atoms with Gasteiger partial charge in [0.2, 0.25) is 0 Å². The molecule has 3 aromatic carbocycles. The monoisotopic (exact) mass is 388 g/mol. The highest BCUT2D eigenvalue weighted by Crippen LogP contribution is 2.33. The third-order valence-electron chi connectivity index (χ3n) is 4.67. The van der Waals surface area contributed by atoms with Crippen LogP contribution in [-0.2, 0) is 0 Å². The van der Waals surface area contributed by atoms with Gasteiger partial charge in [-0.1, -0.05) is 60.7 Å². The summed E-state index contributed by atoms with van der Waals surface area (Å²) >= 11 is 0. The molecule has 3 nitrogen and oxygen atoms in total. The van der Waals surface area contributed by atoms with Crippen LogP contribution in [0.5, 0.6) is 17.2 Å². The van der Waals surface area contributed by atoms with Crippen LogP contribution < -0.4 is 13.3 Å². The average molecular weight is 389 g/mol. The number of rotatable bonds is 7. The maximum absolute atomic E-state index is 6.58. The Bertz CT molecular complexity index is 793. The third-order valence-corrected chi connectivity index (χ3v) is 7.42. The lowest BCUT2D eigenvalue weighted by atomic mass is 10.1. The van der Waals surface area contributed by atoms with E-state index in [9.17, 15) is 0 Å². The molecule has 3 aromatic rings. The minimum absolute atomic E-state index is 0.757. The van der Waals surface area contributed by atoms with Crippen LogP contribution in [0.25, 0.3) is 0 Å². The highest BCUT2D eigenvalue weighted by molar-refractivity contribution is 6.71. The molecular weight excluding hydrogens is 364 g/mol. The van der Waals surface area contributed by atoms with E-state index in [1.807, 2.05) is 91.0 Å². The molecule has 4 heteroatoms. The number of hydrogen-bond acceptors (Lipinski definition) is 3. The van der Waals surface area contributed by atoms with E-state index in [1.54, 1.807) is 0 Å². The zero-order valence-electron chi connectivity index (χ0n) is 15.8. The van der Waals surface area contributed by atoms with Gasteiger partial charge in [-0.25, -0.2) is 0 Å². The first-order valence-corrected chi connectivity index (χ1v) is 11.5. The molecule has 0 spiro atoms. The molecule has 0 aromatic heterocycles. The third kappa shape index (κ3) is 4.46. The van der Waals surface area contributed by atoms with E-state index in [0.29, 0.717) is 0 Å². The molecule has 0 atom stereocenters. The number of benzene rings is 3. The first kappa shape index (κ1) is 18.4. The quantitative estimate of drug-likeness (QED) is 0.451. The molecule has 28 heavy (non-hydrogen) atoms. The molecule has 0 radical (unpaired) electrons. The van der Waals surface area contributed by atoms with Crippen LogP contribution in [0.15, 0.2) is 102 Å². The summed E-state index contributed by atoms with van der Waals surface area (Å²) in [5.41, 5.74) is 0. The van der Waals surface area contributed by atoms with Gasteiger partial charge >= 0.3 is 8.80 Å². The maximum atomic E-state index is 6.58. The van der Waals surface area contributed by atoms with Crippen molar-refractivity contribution < 1.29 is 13.3 Å². The molecule has 0 N–H and O–H groups in total. The van der Waals surface area contributed by atoms with E-state index < -0.39 is 8.80 Å². The van der Waals surface area contributed by atoms with Crippen molar-refractivity contribution in [2.75, 3.05) is 0 Å². The van der Waals surface area contributed by atoms with Crippen molar-refractivity contribution in [2.45, 2.75) is 25.7 Å². The van der Waals surface area contributed by atoms with Crippen molar-refractivity contribution >= 4 is 8.80 Å². The van der Waals surface area contributed by atoms with Gasteiger partial charge in [0, 0.05) is 5.20 Å². The van der Waals surface area contributed by atoms with E-state index in [2.05, 4.69) is 6.08 Å². The van der Waals surface area contributed by atoms with Gasteiger partial charge in [-0.3, -0.25) is 0 Å². The SMILES string of the molecule is C1=C([Si](Oc2ccccc2)(Oc2ccccc2)Oc2ccccc2)CCCC1. The number of hydrogen-bond donors (Lipinski definition) is 0. The molecule has 0 saturated heterocycles. The summed E-state index contributed by atoms with van der Waals surface area (Å²) in [5, 5.41) is 1.15. The van der Waals surface area contributed by atoms with Gasteiger partial charge < -0.3 is 13.3 Å². The first-order valence-electron chi connectivity index (χ1n) is 9.76. The molecule has 0 heterocycles. The van der Waals surface area contributed by atoms with Gasteiger partial charge in [0.05, 0.1) is 0 Å². The van der Waals surface area contributed by atoms with E-state index in [4.69, 9.17) is 13.3 Å². The van der Waals surface area contributed by atoms with Crippen molar-refractivity contribution in [3.8, 4) is 17.2 Å². The molecule has 1 aliphatic carbocycles. The summed E-state index contributed by atoms with van der Waals surface area (Å²) in [4.78, 5) is 0. The fraction of sp³-hybridized carbons (Fsp3) is 0.167. The number of para-hydroxylation sites is 3. The van der Waals surface area contributed by atoms with Crippen LogP contribution in [0.1, 0.15) is 25.7 Å². The van der Waals surface area contributed by atoms with Crippen LogP contribution in [0, 0.1) is 0 Å². The molecule has 0 aliphatic heterocycles. The highest BCUT2D eigenvalue weighted by atomic mass is 28.4. The molecule has 0 unspecified atom stereocenters. The van der Waals surface area contributed by atoms with Crippen molar-refractivity contribution in [1.29, 1.82) is 0 Å². The Morgan fingerprint density at radius 1 is 0.536 bits per heavy atom. The van der Waals surface area contributed by atoms with Crippen molar-refractivity contribution in [3.05, 3.63) is 102 Å². The molecule has 4 rings (SSSR count). The first-order chi connectivity index (χ1) is 13.8. The van der Waals surface area contributed by atoms with E-state index in [-0.39, 0.29) is 0 Å². The maximum Gasteiger partial charge on any atom is 0.732 e. The summed E-state index contributed by atoms with van der Waals surface area (Å²) in [5.74, 6) is 2.27. The van der Waals surface area contributed by atoms with Crippen LogP contribution >= 0.6 is 0 Å². The van der Waals surface area contributed by atoms with Crippen molar-refractivity contribution in [3.63, 3.8) is 0 Å². The zero-order valence-corrected chi connectivity index (χ0v) is 16.8. The van der Waals surface area contributed by atoms with Crippen molar-refractivity contribution in [2.24, 2.45) is 0 Å². The molecular formula is C24H24O3Si. The van der Waals surface area contributed by atoms with Gasteiger partial charge in [-0.05, 0) is 62.1 Å². The Hall–Kier alpha value is -2.98. The Morgan fingerprint density at radius 3 is 1.32 bits per heavy atom. The molecule has 0 amide bonds.